The Bertz CT molecular complexity index is 416. The molecule has 1 atom stereocenters. The lowest BCUT2D eigenvalue weighted by molar-refractivity contribution is -0.0798. The van der Waals surface area contributed by atoms with Crippen LogP contribution in [0.4, 0.5) is 0 Å². The van der Waals surface area contributed by atoms with E-state index in [2.05, 4.69) is 57.2 Å². The van der Waals surface area contributed by atoms with E-state index in [0.717, 1.165) is 31.6 Å². The molecule has 1 fully saturated rings. The standard InChI is InChI=1S/C19H34BIO3/c1-16(20-23-18(3,4)15-19(5,6)24-20)11-8-7-9-14-22-17(2)12-10-13-21/h10,12-13,16H,7-9,11,14-15H2,1-6H3/b13-10+,17-12+/t16-/m0/s1. The Morgan fingerprint density at radius 3 is 2.38 bits per heavy atom. The van der Waals surface area contributed by atoms with E-state index in [1.807, 2.05) is 23.2 Å². The van der Waals surface area contributed by atoms with Crippen molar-refractivity contribution < 1.29 is 14.0 Å². The third-order valence-corrected chi connectivity index (χ3v) is 4.64. The fourth-order valence-electron chi connectivity index (χ4n) is 3.33. The summed E-state index contributed by atoms with van der Waals surface area (Å²) in [4.78, 5) is 0. The third-order valence-electron chi connectivity index (χ3n) is 4.22. The molecule has 5 heteroatoms. The van der Waals surface area contributed by atoms with E-state index in [1.165, 1.54) is 12.8 Å². The molecule has 0 aromatic carbocycles. The summed E-state index contributed by atoms with van der Waals surface area (Å²) in [5, 5.41) is 0. The molecule has 1 rings (SSSR count). The van der Waals surface area contributed by atoms with Crippen LogP contribution in [-0.2, 0) is 14.0 Å². The summed E-state index contributed by atoms with van der Waals surface area (Å²) in [5.74, 6) is 1.39. The van der Waals surface area contributed by atoms with Crippen molar-refractivity contribution in [1.82, 2.24) is 0 Å². The number of unbranched alkanes of at least 4 members (excludes halogenated alkanes) is 2. The lowest BCUT2D eigenvalue weighted by Crippen LogP contribution is -2.52. The lowest BCUT2D eigenvalue weighted by atomic mass is 9.66. The Morgan fingerprint density at radius 1 is 1.17 bits per heavy atom. The van der Waals surface area contributed by atoms with E-state index in [9.17, 15) is 0 Å². The molecule has 1 aliphatic rings. The highest BCUT2D eigenvalue weighted by atomic mass is 127. The molecule has 0 amide bonds. The van der Waals surface area contributed by atoms with Crippen molar-refractivity contribution in [3.63, 3.8) is 0 Å². The Hall–Kier alpha value is -0.00506. The Kier molecular flexibility index (Phi) is 9.38. The second-order valence-electron chi connectivity index (χ2n) is 8.07. The molecule has 1 saturated heterocycles. The number of hydrogen-bond acceptors (Lipinski definition) is 3. The van der Waals surface area contributed by atoms with Gasteiger partial charge in [0, 0.05) is 6.42 Å². The number of hydrogen-bond donors (Lipinski definition) is 0. The van der Waals surface area contributed by atoms with Gasteiger partial charge in [-0.1, -0.05) is 54.9 Å². The fraction of sp³-hybridized carbons (Fsp3) is 0.789. The van der Waals surface area contributed by atoms with Gasteiger partial charge in [0.15, 0.2) is 0 Å². The molecule has 0 aliphatic carbocycles. The van der Waals surface area contributed by atoms with Crippen LogP contribution < -0.4 is 0 Å². The topological polar surface area (TPSA) is 27.7 Å². The van der Waals surface area contributed by atoms with Crippen molar-refractivity contribution in [2.75, 3.05) is 6.61 Å². The zero-order chi connectivity index (χ0) is 18.2. The van der Waals surface area contributed by atoms with E-state index in [1.54, 1.807) is 0 Å². The number of rotatable bonds is 9. The van der Waals surface area contributed by atoms with Crippen LogP contribution in [0.3, 0.4) is 0 Å². The monoisotopic (exact) mass is 448 g/mol. The van der Waals surface area contributed by atoms with Crippen LogP contribution in [0.25, 0.3) is 0 Å². The molecule has 0 N–H and O–H groups in total. The summed E-state index contributed by atoms with van der Waals surface area (Å²) in [6.07, 6.45) is 9.50. The highest BCUT2D eigenvalue weighted by molar-refractivity contribution is 14.1. The van der Waals surface area contributed by atoms with Crippen molar-refractivity contribution >= 4 is 29.7 Å². The molecular weight excluding hydrogens is 414 g/mol. The van der Waals surface area contributed by atoms with Gasteiger partial charge in [-0.15, -0.1) is 0 Å². The minimum absolute atomic E-state index is 0.0924. The second-order valence-corrected chi connectivity index (χ2v) is 8.79. The van der Waals surface area contributed by atoms with Crippen LogP contribution >= 0.6 is 22.6 Å². The maximum absolute atomic E-state index is 6.16. The van der Waals surface area contributed by atoms with E-state index in [-0.39, 0.29) is 18.3 Å². The van der Waals surface area contributed by atoms with Gasteiger partial charge in [0.2, 0.25) is 0 Å². The van der Waals surface area contributed by atoms with Gasteiger partial charge < -0.3 is 14.0 Å². The van der Waals surface area contributed by atoms with Gasteiger partial charge in [0.25, 0.3) is 0 Å². The molecule has 24 heavy (non-hydrogen) atoms. The predicted molar refractivity (Wildman–Crippen MR) is 111 cm³/mol. The molecule has 0 aromatic rings. The van der Waals surface area contributed by atoms with Gasteiger partial charge in [-0.2, -0.15) is 0 Å². The fourth-order valence-corrected chi connectivity index (χ4v) is 3.54. The molecule has 0 bridgehead atoms. The first kappa shape index (κ1) is 22.0. The summed E-state index contributed by atoms with van der Waals surface area (Å²) >= 11 is 2.20. The first-order chi connectivity index (χ1) is 11.2. The van der Waals surface area contributed by atoms with Gasteiger partial charge in [-0.25, -0.2) is 0 Å². The minimum atomic E-state index is -0.106. The van der Waals surface area contributed by atoms with Gasteiger partial charge in [-0.3, -0.25) is 0 Å². The maximum Gasteiger partial charge on any atom is 0.460 e. The maximum atomic E-state index is 6.16. The average Bonchev–Trinajstić information content (AvgIpc) is 2.45. The van der Waals surface area contributed by atoms with Crippen molar-refractivity contribution in [3.05, 3.63) is 22.0 Å². The van der Waals surface area contributed by atoms with Crippen molar-refractivity contribution in [1.29, 1.82) is 0 Å². The van der Waals surface area contributed by atoms with Gasteiger partial charge in [-0.05, 0) is 57.0 Å². The molecular formula is C19H34BIO3. The van der Waals surface area contributed by atoms with E-state index < -0.39 is 0 Å². The van der Waals surface area contributed by atoms with Gasteiger partial charge >= 0.3 is 7.12 Å². The molecule has 0 saturated carbocycles. The van der Waals surface area contributed by atoms with Crippen LogP contribution in [0.5, 0.6) is 0 Å². The van der Waals surface area contributed by atoms with Gasteiger partial charge in [0.1, 0.15) is 0 Å². The smallest absolute Gasteiger partial charge is 0.460 e. The molecule has 0 aromatic heterocycles. The van der Waals surface area contributed by atoms with Crippen molar-refractivity contribution in [2.24, 2.45) is 0 Å². The molecule has 3 nitrogen and oxygen atoms in total. The first-order valence-corrected chi connectivity index (χ1v) is 10.3. The third kappa shape index (κ3) is 8.91. The van der Waals surface area contributed by atoms with E-state index in [0.29, 0.717) is 5.82 Å². The van der Waals surface area contributed by atoms with Crippen molar-refractivity contribution in [2.45, 2.75) is 90.7 Å². The summed E-state index contributed by atoms with van der Waals surface area (Å²) in [5.41, 5.74) is -0.213. The van der Waals surface area contributed by atoms with E-state index in [4.69, 9.17) is 14.0 Å². The van der Waals surface area contributed by atoms with Crippen LogP contribution in [-0.4, -0.2) is 24.9 Å². The SMILES string of the molecule is C/C(=C\C=C\I)OCCCCC[C@H](C)B1OC(C)(C)CC(C)(C)O1. The summed E-state index contributed by atoms with van der Waals surface area (Å²) in [7, 11) is -0.0924. The molecule has 0 spiro atoms. The number of ether oxygens (including phenoxy) is 1. The quantitative estimate of drug-likeness (QED) is 0.137. The van der Waals surface area contributed by atoms with Crippen LogP contribution in [0.1, 0.15) is 73.6 Å². The van der Waals surface area contributed by atoms with Gasteiger partial charge in [0.05, 0.1) is 23.6 Å². The Labute approximate surface area is 162 Å². The summed E-state index contributed by atoms with van der Waals surface area (Å²) in [6, 6.07) is 0. The zero-order valence-electron chi connectivity index (χ0n) is 16.2. The predicted octanol–water partition coefficient (Wildman–Crippen LogP) is 6.29. The van der Waals surface area contributed by atoms with E-state index >= 15 is 0 Å². The molecule has 0 radical (unpaired) electrons. The largest absolute Gasteiger partial charge is 0.498 e. The summed E-state index contributed by atoms with van der Waals surface area (Å²) in [6.45, 7) is 13.7. The molecule has 1 heterocycles. The number of halogens is 1. The number of allylic oxidation sites excluding steroid dienone is 3. The second kappa shape index (κ2) is 10.2. The highest BCUT2D eigenvalue weighted by Crippen LogP contribution is 2.37. The van der Waals surface area contributed by atoms with Crippen LogP contribution in [0.2, 0.25) is 5.82 Å². The first-order valence-electron chi connectivity index (χ1n) is 9.07. The highest BCUT2D eigenvalue weighted by Gasteiger charge is 2.44. The molecule has 138 valence electrons. The zero-order valence-corrected chi connectivity index (χ0v) is 18.4. The van der Waals surface area contributed by atoms with Crippen molar-refractivity contribution in [3.8, 4) is 0 Å². The van der Waals surface area contributed by atoms with Crippen LogP contribution in [0, 0.1) is 0 Å². The Balaban J connectivity index is 2.23. The van der Waals surface area contributed by atoms with Crippen LogP contribution in [0.15, 0.2) is 22.0 Å². The molecule has 0 unspecified atom stereocenters. The lowest BCUT2D eigenvalue weighted by Gasteiger charge is -2.45. The Morgan fingerprint density at radius 2 is 1.79 bits per heavy atom. The molecule has 1 aliphatic heterocycles. The summed E-state index contributed by atoms with van der Waals surface area (Å²) < 4.78 is 20.0. The average molecular weight is 448 g/mol. The normalized spacial score (nSPS) is 22.0. The minimum Gasteiger partial charge on any atom is -0.498 e.